The molecule has 16 heavy (non-hydrogen) atoms. The summed E-state index contributed by atoms with van der Waals surface area (Å²) < 4.78 is 5.32. The number of aliphatic hydroxyl groups excluding tert-OH is 1. The first-order valence-corrected chi connectivity index (χ1v) is 5.53. The van der Waals surface area contributed by atoms with E-state index in [1.54, 1.807) is 0 Å². The maximum absolute atomic E-state index is 9.69. The summed E-state index contributed by atoms with van der Waals surface area (Å²) in [6.07, 6.45) is -0.0335. The van der Waals surface area contributed by atoms with Gasteiger partial charge in [-0.1, -0.05) is 19.1 Å². The molecule has 0 saturated carbocycles. The van der Waals surface area contributed by atoms with Gasteiger partial charge in [0.05, 0.1) is 24.7 Å². The largest absolute Gasteiger partial charge is 0.494 e. The van der Waals surface area contributed by atoms with E-state index >= 15 is 0 Å². The second-order valence-corrected chi connectivity index (χ2v) is 3.58. The molecule has 0 radical (unpaired) electrons. The van der Waals surface area contributed by atoms with Gasteiger partial charge < -0.3 is 9.84 Å². The Hall–Kier alpha value is -1.53. The molecule has 0 saturated heterocycles. The summed E-state index contributed by atoms with van der Waals surface area (Å²) in [5.41, 5.74) is 0.834. The molecule has 86 valence electrons. The monoisotopic (exact) mass is 219 g/mol. The van der Waals surface area contributed by atoms with Crippen LogP contribution >= 0.6 is 0 Å². The number of nitriles is 1. The Morgan fingerprint density at radius 1 is 1.31 bits per heavy atom. The van der Waals surface area contributed by atoms with Crippen LogP contribution in [-0.4, -0.2) is 17.8 Å². The van der Waals surface area contributed by atoms with E-state index in [1.807, 2.05) is 38.1 Å². The van der Waals surface area contributed by atoms with Crippen LogP contribution in [0.2, 0.25) is 0 Å². The average Bonchev–Trinajstić information content (AvgIpc) is 2.32. The van der Waals surface area contributed by atoms with Crippen molar-refractivity contribution in [3.63, 3.8) is 0 Å². The van der Waals surface area contributed by atoms with Gasteiger partial charge in [0.2, 0.25) is 0 Å². The van der Waals surface area contributed by atoms with Crippen LogP contribution in [0.15, 0.2) is 24.3 Å². The van der Waals surface area contributed by atoms with Gasteiger partial charge in [-0.25, -0.2) is 0 Å². The van der Waals surface area contributed by atoms with Gasteiger partial charge in [0.1, 0.15) is 5.75 Å². The first-order valence-electron chi connectivity index (χ1n) is 5.53. The zero-order valence-corrected chi connectivity index (χ0v) is 9.68. The third-order valence-corrected chi connectivity index (χ3v) is 2.49. The van der Waals surface area contributed by atoms with Crippen LogP contribution in [0, 0.1) is 11.3 Å². The van der Waals surface area contributed by atoms with E-state index in [2.05, 4.69) is 6.07 Å². The molecule has 1 rings (SSSR count). The van der Waals surface area contributed by atoms with Gasteiger partial charge in [-0.3, -0.25) is 0 Å². The van der Waals surface area contributed by atoms with Crippen molar-refractivity contribution in [1.29, 1.82) is 5.26 Å². The lowest BCUT2D eigenvalue weighted by Crippen LogP contribution is -2.15. The molecule has 3 nitrogen and oxygen atoms in total. The van der Waals surface area contributed by atoms with Crippen LogP contribution < -0.4 is 4.74 Å². The average molecular weight is 219 g/mol. The molecule has 0 aliphatic carbocycles. The Balaban J connectivity index is 2.83. The number of nitrogens with zero attached hydrogens (tertiary/aromatic N) is 1. The first-order chi connectivity index (χ1) is 7.72. The predicted octanol–water partition coefficient (Wildman–Crippen LogP) is 2.46. The highest BCUT2D eigenvalue weighted by atomic mass is 16.5. The lowest BCUT2D eigenvalue weighted by Gasteiger charge is -2.15. The van der Waals surface area contributed by atoms with Crippen LogP contribution in [0.4, 0.5) is 0 Å². The Bertz CT molecular complexity index is 353. The van der Waals surface area contributed by atoms with Gasteiger partial charge in [0, 0.05) is 0 Å². The fraction of sp³-hybridized carbons (Fsp3) is 0.462. The predicted molar refractivity (Wildman–Crippen MR) is 62.3 cm³/mol. The van der Waals surface area contributed by atoms with E-state index in [0.29, 0.717) is 13.0 Å². The third kappa shape index (κ3) is 2.98. The zero-order chi connectivity index (χ0) is 12.0. The number of benzene rings is 1. The highest BCUT2D eigenvalue weighted by molar-refractivity contribution is 5.32. The lowest BCUT2D eigenvalue weighted by atomic mass is 9.93. The molecule has 0 aliphatic rings. The summed E-state index contributed by atoms with van der Waals surface area (Å²) in [5, 5.41) is 18.7. The molecular formula is C13H17NO2. The second-order valence-electron chi connectivity index (χ2n) is 3.58. The quantitative estimate of drug-likeness (QED) is 0.827. The molecule has 1 N–H and O–H groups in total. The molecule has 2 atom stereocenters. The fourth-order valence-electron chi connectivity index (χ4n) is 1.56. The summed E-state index contributed by atoms with van der Waals surface area (Å²) in [6.45, 7) is 4.41. The third-order valence-electron chi connectivity index (χ3n) is 2.49. The Morgan fingerprint density at radius 2 is 1.94 bits per heavy atom. The molecule has 0 amide bonds. The van der Waals surface area contributed by atoms with E-state index in [0.717, 1.165) is 11.3 Å². The molecule has 0 bridgehead atoms. The van der Waals surface area contributed by atoms with Crippen molar-refractivity contribution in [2.45, 2.75) is 32.3 Å². The minimum atomic E-state index is -0.608. The van der Waals surface area contributed by atoms with Gasteiger partial charge in [-0.15, -0.1) is 0 Å². The topological polar surface area (TPSA) is 53.2 Å². The fourth-order valence-corrected chi connectivity index (χ4v) is 1.56. The smallest absolute Gasteiger partial charge is 0.119 e. The minimum absolute atomic E-state index is 0.458. The van der Waals surface area contributed by atoms with Gasteiger partial charge in [0.15, 0.2) is 0 Å². The van der Waals surface area contributed by atoms with Crippen LogP contribution in [0.25, 0.3) is 0 Å². The molecule has 0 aromatic heterocycles. The van der Waals surface area contributed by atoms with Crippen molar-refractivity contribution in [2.75, 3.05) is 6.61 Å². The number of rotatable bonds is 5. The summed E-state index contributed by atoms with van der Waals surface area (Å²) >= 11 is 0. The summed E-state index contributed by atoms with van der Waals surface area (Å²) in [4.78, 5) is 0. The first kappa shape index (κ1) is 12.5. The van der Waals surface area contributed by atoms with E-state index in [1.165, 1.54) is 0 Å². The second kappa shape index (κ2) is 6.14. The summed E-state index contributed by atoms with van der Waals surface area (Å²) in [5.74, 6) is 0.328. The highest BCUT2D eigenvalue weighted by Gasteiger charge is 2.18. The van der Waals surface area contributed by atoms with Crippen molar-refractivity contribution >= 4 is 0 Å². The number of hydrogen-bond donors (Lipinski definition) is 1. The maximum atomic E-state index is 9.69. The van der Waals surface area contributed by atoms with Crippen molar-refractivity contribution < 1.29 is 9.84 Å². The highest BCUT2D eigenvalue weighted by Crippen LogP contribution is 2.23. The van der Waals surface area contributed by atoms with Crippen LogP contribution in [0.1, 0.15) is 31.7 Å². The molecule has 0 fully saturated rings. The normalized spacial score (nSPS) is 13.9. The summed E-state index contributed by atoms with van der Waals surface area (Å²) in [7, 11) is 0. The molecule has 3 heteroatoms. The van der Waals surface area contributed by atoms with E-state index in [9.17, 15) is 5.11 Å². The van der Waals surface area contributed by atoms with E-state index in [4.69, 9.17) is 10.00 Å². The lowest BCUT2D eigenvalue weighted by molar-refractivity contribution is 0.157. The van der Waals surface area contributed by atoms with Crippen molar-refractivity contribution in [2.24, 2.45) is 0 Å². The van der Waals surface area contributed by atoms with E-state index < -0.39 is 12.0 Å². The molecule has 0 spiro atoms. The molecule has 1 aromatic rings. The number of ether oxygens (including phenoxy) is 1. The Morgan fingerprint density at radius 3 is 2.38 bits per heavy atom. The van der Waals surface area contributed by atoms with Gasteiger partial charge in [0.25, 0.3) is 0 Å². The maximum Gasteiger partial charge on any atom is 0.119 e. The summed E-state index contributed by atoms with van der Waals surface area (Å²) in [6, 6.07) is 9.44. The zero-order valence-electron chi connectivity index (χ0n) is 9.68. The molecule has 2 unspecified atom stereocenters. The van der Waals surface area contributed by atoms with Crippen molar-refractivity contribution in [3.8, 4) is 11.8 Å². The molecule has 0 aliphatic heterocycles. The van der Waals surface area contributed by atoms with Gasteiger partial charge in [-0.05, 0) is 31.0 Å². The van der Waals surface area contributed by atoms with Crippen LogP contribution in [-0.2, 0) is 0 Å². The van der Waals surface area contributed by atoms with Crippen LogP contribution in [0.3, 0.4) is 0 Å². The standard InChI is InChI=1S/C13H17NO2/c1-3-13(15)12(9-14)10-5-7-11(8-6-10)16-4-2/h5-8,12-13,15H,3-4H2,1-2H3. The Kier molecular flexibility index (Phi) is 4.81. The van der Waals surface area contributed by atoms with Crippen molar-refractivity contribution in [3.05, 3.63) is 29.8 Å². The van der Waals surface area contributed by atoms with Crippen LogP contribution in [0.5, 0.6) is 5.75 Å². The Labute approximate surface area is 96.3 Å². The number of hydrogen-bond acceptors (Lipinski definition) is 3. The van der Waals surface area contributed by atoms with Crippen molar-refractivity contribution in [1.82, 2.24) is 0 Å². The van der Waals surface area contributed by atoms with Gasteiger partial charge in [-0.2, -0.15) is 5.26 Å². The molecular weight excluding hydrogens is 202 g/mol. The molecule has 0 heterocycles. The minimum Gasteiger partial charge on any atom is -0.494 e. The van der Waals surface area contributed by atoms with E-state index in [-0.39, 0.29) is 0 Å². The molecule has 1 aromatic carbocycles. The SMILES string of the molecule is CCOc1ccc(C(C#N)C(O)CC)cc1. The number of aliphatic hydroxyl groups is 1. The van der Waals surface area contributed by atoms with Gasteiger partial charge >= 0.3 is 0 Å².